The minimum Gasteiger partial charge on any atom is -0.371 e. The molecular formula is C13H21N. The third-order valence-corrected chi connectivity index (χ3v) is 2.94. The van der Waals surface area contributed by atoms with E-state index in [9.17, 15) is 0 Å². The highest BCUT2D eigenvalue weighted by atomic mass is 15.2. The fraction of sp³-hybridized carbons (Fsp3) is 0.538. The highest BCUT2D eigenvalue weighted by Gasteiger charge is 2.33. The molecule has 0 aliphatic carbocycles. The summed E-state index contributed by atoms with van der Waals surface area (Å²) in [6.45, 7) is 9.13. The SMILES string of the molecule is C.CCN1CC(C)(C)c2ccccc21. The summed E-state index contributed by atoms with van der Waals surface area (Å²) in [5.74, 6) is 0. The van der Waals surface area contributed by atoms with Gasteiger partial charge in [0.1, 0.15) is 0 Å². The molecule has 1 nitrogen and oxygen atoms in total. The largest absolute Gasteiger partial charge is 0.371 e. The van der Waals surface area contributed by atoms with Gasteiger partial charge in [-0.1, -0.05) is 39.5 Å². The molecule has 0 radical (unpaired) electrons. The molecule has 0 fully saturated rings. The van der Waals surface area contributed by atoms with Gasteiger partial charge in [-0.05, 0) is 18.6 Å². The summed E-state index contributed by atoms with van der Waals surface area (Å²) in [5, 5.41) is 0. The third-order valence-electron chi connectivity index (χ3n) is 2.94. The molecule has 0 amide bonds. The molecule has 1 heteroatoms. The molecule has 0 saturated carbocycles. The van der Waals surface area contributed by atoms with Crippen molar-refractivity contribution in [1.82, 2.24) is 0 Å². The second-order valence-electron chi connectivity index (χ2n) is 4.42. The smallest absolute Gasteiger partial charge is 0.0405 e. The van der Waals surface area contributed by atoms with E-state index in [0.29, 0.717) is 5.41 Å². The Kier molecular flexibility index (Phi) is 2.89. The first-order chi connectivity index (χ1) is 6.15. The van der Waals surface area contributed by atoms with Crippen LogP contribution in [0.15, 0.2) is 24.3 Å². The molecule has 0 bridgehead atoms. The quantitative estimate of drug-likeness (QED) is 0.657. The van der Waals surface area contributed by atoms with Crippen LogP contribution in [0.25, 0.3) is 0 Å². The first kappa shape index (κ1) is 11.1. The summed E-state index contributed by atoms with van der Waals surface area (Å²) < 4.78 is 0. The van der Waals surface area contributed by atoms with E-state index in [1.54, 1.807) is 0 Å². The molecular weight excluding hydrogens is 170 g/mol. The van der Waals surface area contributed by atoms with Crippen LogP contribution in [-0.2, 0) is 5.41 Å². The van der Waals surface area contributed by atoms with Crippen molar-refractivity contribution in [3.05, 3.63) is 29.8 Å². The minimum absolute atomic E-state index is 0. The van der Waals surface area contributed by atoms with Crippen molar-refractivity contribution in [2.24, 2.45) is 0 Å². The summed E-state index contributed by atoms with van der Waals surface area (Å²) in [5.41, 5.74) is 3.25. The lowest BCUT2D eigenvalue weighted by Gasteiger charge is -2.20. The maximum Gasteiger partial charge on any atom is 0.0405 e. The number of nitrogens with zero attached hydrogens (tertiary/aromatic N) is 1. The second-order valence-corrected chi connectivity index (χ2v) is 4.42. The number of para-hydroxylation sites is 1. The number of likely N-dealkylation sites (N-methyl/N-ethyl adjacent to an activating group) is 1. The number of fused-ring (bicyclic) bond motifs is 1. The van der Waals surface area contributed by atoms with Crippen molar-refractivity contribution in [1.29, 1.82) is 0 Å². The summed E-state index contributed by atoms with van der Waals surface area (Å²) in [6, 6.07) is 8.75. The highest BCUT2D eigenvalue weighted by Crippen LogP contribution is 2.39. The Balaban J connectivity index is 0.000000980. The molecule has 1 aromatic rings. The molecule has 0 aromatic heterocycles. The zero-order valence-electron chi connectivity index (χ0n) is 8.67. The van der Waals surface area contributed by atoms with Crippen molar-refractivity contribution >= 4 is 5.69 Å². The van der Waals surface area contributed by atoms with Crippen LogP contribution in [0.3, 0.4) is 0 Å². The van der Waals surface area contributed by atoms with E-state index >= 15 is 0 Å². The van der Waals surface area contributed by atoms with E-state index in [-0.39, 0.29) is 7.43 Å². The van der Waals surface area contributed by atoms with Gasteiger partial charge in [0.15, 0.2) is 0 Å². The molecule has 1 heterocycles. The van der Waals surface area contributed by atoms with Gasteiger partial charge in [-0.15, -0.1) is 0 Å². The van der Waals surface area contributed by atoms with Gasteiger partial charge in [-0.2, -0.15) is 0 Å². The zero-order chi connectivity index (χ0) is 9.47. The Morgan fingerprint density at radius 2 is 1.93 bits per heavy atom. The maximum absolute atomic E-state index is 2.45. The topological polar surface area (TPSA) is 3.24 Å². The van der Waals surface area contributed by atoms with Gasteiger partial charge in [-0.25, -0.2) is 0 Å². The van der Waals surface area contributed by atoms with Crippen molar-refractivity contribution in [3.8, 4) is 0 Å². The molecule has 1 aromatic carbocycles. The Bertz CT molecular complexity index is 315. The number of hydrogen-bond acceptors (Lipinski definition) is 1. The fourth-order valence-corrected chi connectivity index (χ4v) is 2.25. The number of benzene rings is 1. The number of anilines is 1. The predicted octanol–water partition coefficient (Wildman–Crippen LogP) is 3.44. The summed E-state index contributed by atoms with van der Waals surface area (Å²) in [7, 11) is 0. The Morgan fingerprint density at radius 1 is 1.29 bits per heavy atom. The molecule has 0 unspecified atom stereocenters. The van der Waals surface area contributed by atoms with Gasteiger partial charge >= 0.3 is 0 Å². The second kappa shape index (κ2) is 3.64. The number of hydrogen-bond donors (Lipinski definition) is 0. The van der Waals surface area contributed by atoms with Gasteiger partial charge in [0.2, 0.25) is 0 Å². The van der Waals surface area contributed by atoms with Gasteiger partial charge in [0.25, 0.3) is 0 Å². The van der Waals surface area contributed by atoms with Crippen LogP contribution >= 0.6 is 0 Å². The molecule has 78 valence electrons. The average Bonchev–Trinajstić information content (AvgIpc) is 2.39. The van der Waals surface area contributed by atoms with E-state index < -0.39 is 0 Å². The minimum atomic E-state index is 0. The van der Waals surface area contributed by atoms with Crippen LogP contribution in [0.1, 0.15) is 33.8 Å². The monoisotopic (exact) mass is 191 g/mol. The molecule has 0 spiro atoms. The molecule has 2 rings (SSSR count). The first-order valence-electron chi connectivity index (χ1n) is 4.99. The molecule has 14 heavy (non-hydrogen) atoms. The first-order valence-corrected chi connectivity index (χ1v) is 4.99. The van der Waals surface area contributed by atoms with Crippen LogP contribution in [0.2, 0.25) is 0 Å². The third kappa shape index (κ3) is 1.52. The zero-order valence-corrected chi connectivity index (χ0v) is 8.67. The van der Waals surface area contributed by atoms with Crippen molar-refractivity contribution in [3.63, 3.8) is 0 Å². The predicted molar refractivity (Wildman–Crippen MR) is 64.1 cm³/mol. The van der Waals surface area contributed by atoms with Gasteiger partial charge in [0.05, 0.1) is 0 Å². The van der Waals surface area contributed by atoms with E-state index in [1.165, 1.54) is 11.3 Å². The molecule has 0 N–H and O–H groups in total. The van der Waals surface area contributed by atoms with Crippen LogP contribution in [-0.4, -0.2) is 13.1 Å². The van der Waals surface area contributed by atoms with Gasteiger partial charge in [0, 0.05) is 24.2 Å². The summed E-state index contributed by atoms with van der Waals surface area (Å²) in [4.78, 5) is 2.45. The molecule has 1 aliphatic heterocycles. The van der Waals surface area contributed by atoms with E-state index in [2.05, 4.69) is 49.9 Å². The van der Waals surface area contributed by atoms with Gasteiger partial charge < -0.3 is 4.90 Å². The molecule has 0 atom stereocenters. The van der Waals surface area contributed by atoms with Crippen LogP contribution in [0.5, 0.6) is 0 Å². The average molecular weight is 191 g/mol. The Morgan fingerprint density at radius 3 is 2.57 bits per heavy atom. The van der Waals surface area contributed by atoms with E-state index in [4.69, 9.17) is 0 Å². The normalized spacial score (nSPS) is 17.5. The maximum atomic E-state index is 2.45. The van der Waals surface area contributed by atoms with Crippen LogP contribution in [0, 0.1) is 0 Å². The lowest BCUT2D eigenvalue weighted by molar-refractivity contribution is 0.554. The van der Waals surface area contributed by atoms with Gasteiger partial charge in [-0.3, -0.25) is 0 Å². The lowest BCUT2D eigenvalue weighted by atomic mass is 9.87. The van der Waals surface area contributed by atoms with Crippen LogP contribution in [0.4, 0.5) is 5.69 Å². The van der Waals surface area contributed by atoms with Crippen molar-refractivity contribution in [2.75, 3.05) is 18.0 Å². The molecule has 1 aliphatic rings. The van der Waals surface area contributed by atoms with E-state index in [1.807, 2.05) is 0 Å². The Labute approximate surface area is 87.7 Å². The number of rotatable bonds is 1. The standard InChI is InChI=1S/C12H17N.CH4/c1-4-13-9-12(2,3)10-7-5-6-8-11(10)13;/h5-8H,4,9H2,1-3H3;1H4. The Hall–Kier alpha value is -0.980. The van der Waals surface area contributed by atoms with Crippen LogP contribution < -0.4 is 4.90 Å². The fourth-order valence-electron chi connectivity index (χ4n) is 2.25. The van der Waals surface area contributed by atoms with Crippen molar-refractivity contribution in [2.45, 2.75) is 33.6 Å². The van der Waals surface area contributed by atoms with Crippen molar-refractivity contribution < 1.29 is 0 Å². The highest BCUT2D eigenvalue weighted by molar-refractivity contribution is 5.61. The van der Waals surface area contributed by atoms with E-state index in [0.717, 1.165) is 13.1 Å². The lowest BCUT2D eigenvalue weighted by Crippen LogP contribution is -2.28. The molecule has 0 saturated heterocycles. The summed E-state index contributed by atoms with van der Waals surface area (Å²) in [6.07, 6.45) is 0. The summed E-state index contributed by atoms with van der Waals surface area (Å²) >= 11 is 0.